The number of nitrogens with two attached hydrogens (primary N) is 1. The van der Waals surface area contributed by atoms with Crippen molar-refractivity contribution in [3.8, 4) is 0 Å². The number of amides is 1. The Bertz CT molecular complexity index is 428. The van der Waals surface area contributed by atoms with Crippen molar-refractivity contribution in [3.63, 3.8) is 0 Å². The lowest BCUT2D eigenvalue weighted by molar-refractivity contribution is -0.121. The molecule has 0 aromatic carbocycles. The molecule has 2 rings (SSSR count). The fraction of sp³-hybridized carbons (Fsp3) is 0.643. The summed E-state index contributed by atoms with van der Waals surface area (Å²) in [6.07, 6.45) is 5.83. The summed E-state index contributed by atoms with van der Waals surface area (Å²) in [5.74, 6) is 0.0691. The molecule has 0 saturated carbocycles. The number of nitrogens with one attached hydrogen (secondary N) is 1. The van der Waals surface area contributed by atoms with Gasteiger partial charge in [0.2, 0.25) is 5.91 Å². The van der Waals surface area contributed by atoms with E-state index in [1.165, 1.54) is 11.3 Å². The van der Waals surface area contributed by atoms with Gasteiger partial charge >= 0.3 is 0 Å². The van der Waals surface area contributed by atoms with Crippen LogP contribution in [-0.4, -0.2) is 30.7 Å². The van der Waals surface area contributed by atoms with Gasteiger partial charge < -0.3 is 20.4 Å². The molecule has 0 fully saturated rings. The quantitative estimate of drug-likeness (QED) is 0.753. The Balaban J connectivity index is 1.85. The van der Waals surface area contributed by atoms with Gasteiger partial charge in [-0.25, -0.2) is 0 Å². The highest BCUT2D eigenvalue weighted by molar-refractivity contribution is 5.75. The minimum absolute atomic E-state index is 0.0691. The van der Waals surface area contributed by atoms with Gasteiger partial charge in [-0.1, -0.05) is 0 Å². The first-order valence-electron chi connectivity index (χ1n) is 6.91. The van der Waals surface area contributed by atoms with Crippen LogP contribution in [0.25, 0.3) is 0 Å². The highest BCUT2D eigenvalue weighted by Crippen LogP contribution is 2.28. The largest absolute Gasteiger partial charge is 0.383 e. The van der Waals surface area contributed by atoms with Crippen LogP contribution in [-0.2, 0) is 22.5 Å². The molecule has 1 aromatic rings. The number of aromatic nitrogens is 1. The van der Waals surface area contributed by atoms with E-state index >= 15 is 0 Å². The van der Waals surface area contributed by atoms with Crippen LogP contribution in [0.5, 0.6) is 0 Å². The van der Waals surface area contributed by atoms with Crippen molar-refractivity contribution in [1.82, 2.24) is 9.88 Å². The zero-order chi connectivity index (χ0) is 13.7. The third-order valence-electron chi connectivity index (χ3n) is 3.65. The second-order valence-corrected chi connectivity index (χ2v) is 5.00. The van der Waals surface area contributed by atoms with Crippen LogP contribution < -0.4 is 11.1 Å². The second kappa shape index (κ2) is 6.73. The predicted molar refractivity (Wildman–Crippen MR) is 73.8 cm³/mol. The summed E-state index contributed by atoms with van der Waals surface area (Å²) < 4.78 is 7.07. The molecule has 1 aliphatic carbocycles. The number of carbonyl (C=O) groups excluding carboxylic acids is 1. The van der Waals surface area contributed by atoms with Gasteiger partial charge in [-0.15, -0.1) is 0 Å². The molecule has 1 amide bonds. The molecule has 19 heavy (non-hydrogen) atoms. The first-order chi connectivity index (χ1) is 9.22. The minimum atomic E-state index is 0.0691. The van der Waals surface area contributed by atoms with Gasteiger partial charge in [0, 0.05) is 44.6 Å². The maximum atomic E-state index is 11.6. The van der Waals surface area contributed by atoms with Crippen LogP contribution >= 0.6 is 0 Å². The minimum Gasteiger partial charge on any atom is -0.383 e. The molecule has 3 N–H and O–H groups in total. The van der Waals surface area contributed by atoms with Gasteiger partial charge in [-0.2, -0.15) is 0 Å². The van der Waals surface area contributed by atoms with E-state index in [1.807, 2.05) is 0 Å². The Kier molecular flexibility index (Phi) is 4.99. The van der Waals surface area contributed by atoms with Gasteiger partial charge in [0.05, 0.1) is 6.61 Å². The third-order valence-corrected chi connectivity index (χ3v) is 3.65. The fourth-order valence-corrected chi connectivity index (χ4v) is 2.61. The van der Waals surface area contributed by atoms with Gasteiger partial charge in [0.1, 0.15) is 0 Å². The number of methoxy groups -OCH3 is 1. The number of hydrogen-bond acceptors (Lipinski definition) is 3. The van der Waals surface area contributed by atoms with Crippen LogP contribution in [0, 0.1) is 0 Å². The van der Waals surface area contributed by atoms with E-state index in [-0.39, 0.29) is 11.9 Å². The lowest BCUT2D eigenvalue weighted by Gasteiger charge is -2.20. The summed E-state index contributed by atoms with van der Waals surface area (Å²) in [6.45, 7) is 1.85. The molecule has 0 radical (unpaired) electrons. The van der Waals surface area contributed by atoms with Crippen molar-refractivity contribution in [2.24, 2.45) is 5.73 Å². The first-order valence-corrected chi connectivity index (χ1v) is 6.91. The number of aryl methyl sites for hydroxylation is 1. The normalized spacial score (nSPS) is 18.1. The topological polar surface area (TPSA) is 69.3 Å². The molecule has 0 spiro atoms. The second-order valence-electron chi connectivity index (χ2n) is 5.00. The van der Waals surface area contributed by atoms with Crippen LogP contribution in [0.1, 0.15) is 36.6 Å². The SMILES string of the molecule is COCCNC(=O)CCn1ccc2c1CCCC2N. The average Bonchev–Trinajstić information content (AvgIpc) is 2.81. The zero-order valence-electron chi connectivity index (χ0n) is 11.5. The summed E-state index contributed by atoms with van der Waals surface area (Å²) in [6, 6.07) is 2.27. The van der Waals surface area contributed by atoms with E-state index in [9.17, 15) is 4.79 Å². The Morgan fingerprint density at radius 3 is 3.26 bits per heavy atom. The Morgan fingerprint density at radius 2 is 2.47 bits per heavy atom. The monoisotopic (exact) mass is 265 g/mol. The van der Waals surface area contributed by atoms with Gasteiger partial charge in [0.15, 0.2) is 0 Å². The Morgan fingerprint density at radius 1 is 1.63 bits per heavy atom. The van der Waals surface area contributed by atoms with Crippen molar-refractivity contribution in [2.45, 2.75) is 38.3 Å². The van der Waals surface area contributed by atoms with Crippen molar-refractivity contribution < 1.29 is 9.53 Å². The summed E-state index contributed by atoms with van der Waals surface area (Å²) in [4.78, 5) is 11.6. The van der Waals surface area contributed by atoms with Crippen LogP contribution in [0.4, 0.5) is 0 Å². The lowest BCUT2D eigenvalue weighted by Crippen LogP contribution is -2.28. The van der Waals surface area contributed by atoms with Crippen LogP contribution in [0.3, 0.4) is 0 Å². The van der Waals surface area contributed by atoms with Crippen LogP contribution in [0.2, 0.25) is 0 Å². The van der Waals surface area contributed by atoms with E-state index in [4.69, 9.17) is 10.5 Å². The molecule has 5 nitrogen and oxygen atoms in total. The van der Waals surface area contributed by atoms with E-state index in [2.05, 4.69) is 22.1 Å². The fourth-order valence-electron chi connectivity index (χ4n) is 2.61. The summed E-state index contributed by atoms with van der Waals surface area (Å²) in [7, 11) is 1.63. The standard InChI is InChI=1S/C14H23N3O2/c1-19-10-7-16-14(18)6-9-17-8-5-11-12(15)3-2-4-13(11)17/h5,8,12H,2-4,6-7,9-10,15H2,1H3,(H,16,18). The maximum Gasteiger partial charge on any atom is 0.221 e. The molecule has 1 unspecified atom stereocenters. The molecule has 106 valence electrons. The van der Waals surface area contributed by atoms with E-state index in [1.54, 1.807) is 7.11 Å². The van der Waals surface area contributed by atoms with E-state index < -0.39 is 0 Å². The summed E-state index contributed by atoms with van der Waals surface area (Å²) >= 11 is 0. The van der Waals surface area contributed by atoms with Crippen molar-refractivity contribution in [3.05, 3.63) is 23.5 Å². The number of nitrogens with zero attached hydrogens (tertiary/aromatic N) is 1. The number of fused-ring (bicyclic) bond motifs is 1. The highest BCUT2D eigenvalue weighted by atomic mass is 16.5. The molecule has 1 aliphatic rings. The number of hydrogen-bond donors (Lipinski definition) is 2. The van der Waals surface area contributed by atoms with Crippen molar-refractivity contribution in [2.75, 3.05) is 20.3 Å². The molecule has 1 heterocycles. The summed E-state index contributed by atoms with van der Waals surface area (Å²) in [5, 5.41) is 2.83. The first kappa shape index (κ1) is 14.1. The van der Waals surface area contributed by atoms with Crippen molar-refractivity contribution in [1.29, 1.82) is 0 Å². The molecule has 0 saturated heterocycles. The molecule has 0 bridgehead atoms. The highest BCUT2D eigenvalue weighted by Gasteiger charge is 2.20. The molecule has 1 atom stereocenters. The summed E-state index contributed by atoms with van der Waals surface area (Å²) in [5.41, 5.74) is 8.65. The average molecular weight is 265 g/mol. The predicted octanol–water partition coefficient (Wildman–Crippen LogP) is 0.977. The number of ether oxygens (including phenoxy) is 1. The smallest absolute Gasteiger partial charge is 0.221 e. The van der Waals surface area contributed by atoms with Gasteiger partial charge in [-0.3, -0.25) is 4.79 Å². The number of rotatable bonds is 6. The molecule has 1 aromatic heterocycles. The number of carbonyl (C=O) groups is 1. The van der Waals surface area contributed by atoms with E-state index in [0.29, 0.717) is 19.6 Å². The third kappa shape index (κ3) is 3.58. The maximum absolute atomic E-state index is 11.6. The Labute approximate surface area is 114 Å². The van der Waals surface area contributed by atoms with E-state index in [0.717, 1.165) is 25.8 Å². The molecular formula is C14H23N3O2. The Hall–Kier alpha value is -1.33. The molecule has 5 heteroatoms. The van der Waals surface area contributed by atoms with Crippen LogP contribution in [0.15, 0.2) is 12.3 Å². The van der Waals surface area contributed by atoms with Gasteiger partial charge in [0.25, 0.3) is 0 Å². The zero-order valence-corrected chi connectivity index (χ0v) is 11.5. The molecular weight excluding hydrogens is 242 g/mol. The lowest BCUT2D eigenvalue weighted by atomic mass is 9.94. The molecule has 0 aliphatic heterocycles. The van der Waals surface area contributed by atoms with Gasteiger partial charge in [-0.05, 0) is 30.9 Å². The van der Waals surface area contributed by atoms with Crippen molar-refractivity contribution >= 4 is 5.91 Å².